The maximum Gasteiger partial charge on any atom is 0.174 e. The Bertz CT molecular complexity index is 677. The number of aromatic nitrogens is 2. The monoisotopic (exact) mass is 332 g/mol. The molecule has 0 spiro atoms. The first-order chi connectivity index (χ1) is 10.9. The van der Waals surface area contributed by atoms with Crippen molar-refractivity contribution in [3.05, 3.63) is 46.9 Å². The number of pyridine rings is 1. The smallest absolute Gasteiger partial charge is 0.174 e. The molecule has 5 heteroatoms. The van der Waals surface area contributed by atoms with E-state index in [9.17, 15) is 4.79 Å². The second kappa shape index (κ2) is 7.79. The number of nitrogens with zero attached hydrogens (tertiary/aromatic N) is 2. The van der Waals surface area contributed by atoms with Crippen LogP contribution in [-0.4, -0.2) is 34.8 Å². The van der Waals surface area contributed by atoms with Crippen molar-refractivity contribution in [2.45, 2.75) is 38.8 Å². The van der Waals surface area contributed by atoms with E-state index in [2.05, 4.69) is 16.5 Å². The van der Waals surface area contributed by atoms with Crippen molar-refractivity contribution in [2.24, 2.45) is 0 Å². The highest BCUT2D eigenvalue weighted by Gasteiger charge is 2.18. The van der Waals surface area contributed by atoms with Crippen molar-refractivity contribution >= 4 is 17.5 Å². The van der Waals surface area contributed by atoms with E-state index in [4.69, 9.17) is 4.74 Å². The molecule has 2 aromatic heterocycles. The van der Waals surface area contributed by atoms with Gasteiger partial charge in [-0.3, -0.25) is 4.79 Å². The number of hydrogen-bond donors (Lipinski definition) is 0. The largest absolute Gasteiger partial charge is 0.383 e. The Kier molecular flexibility index (Phi) is 6.02. The Hall–Kier alpha value is -1.59. The second-order valence-corrected chi connectivity index (χ2v) is 6.84. The van der Waals surface area contributed by atoms with Gasteiger partial charge in [0.05, 0.1) is 23.4 Å². The molecule has 0 saturated carbocycles. The lowest BCUT2D eigenvalue weighted by atomic mass is 10.2. The summed E-state index contributed by atoms with van der Waals surface area (Å²) < 4.78 is 7.41. The molecule has 1 unspecified atom stereocenters. The number of carbonyl (C=O) groups is 1. The van der Waals surface area contributed by atoms with Gasteiger partial charge in [-0.05, 0) is 45.4 Å². The van der Waals surface area contributed by atoms with Gasteiger partial charge in [-0.25, -0.2) is 4.98 Å². The first-order valence-electron chi connectivity index (χ1n) is 7.70. The van der Waals surface area contributed by atoms with E-state index in [0.29, 0.717) is 12.4 Å². The quantitative estimate of drug-likeness (QED) is 0.568. The van der Waals surface area contributed by atoms with Gasteiger partial charge in [0.15, 0.2) is 5.78 Å². The minimum absolute atomic E-state index is 0.140. The molecule has 23 heavy (non-hydrogen) atoms. The third-order valence-corrected chi connectivity index (χ3v) is 4.81. The molecule has 2 aromatic rings. The standard InChI is InChI=1S/C18H24N2O2S/c1-12-6-7-18(19-9-12)23-11-17(21)16-8-13(2)20(15(16)4)14(3)10-22-5/h6-9,14H,10-11H2,1-5H3. The summed E-state index contributed by atoms with van der Waals surface area (Å²) >= 11 is 1.48. The number of methoxy groups -OCH3 is 1. The predicted molar refractivity (Wildman–Crippen MR) is 94.5 cm³/mol. The molecule has 2 heterocycles. The van der Waals surface area contributed by atoms with Crippen LogP contribution in [0.25, 0.3) is 0 Å². The summed E-state index contributed by atoms with van der Waals surface area (Å²) in [6.07, 6.45) is 1.82. The lowest BCUT2D eigenvalue weighted by Crippen LogP contribution is -2.14. The summed E-state index contributed by atoms with van der Waals surface area (Å²) in [6.45, 7) is 8.77. The molecule has 0 aliphatic rings. The number of aryl methyl sites for hydroxylation is 2. The lowest BCUT2D eigenvalue weighted by Gasteiger charge is -2.17. The average Bonchev–Trinajstić information content (AvgIpc) is 2.81. The molecular formula is C18H24N2O2S. The van der Waals surface area contributed by atoms with E-state index in [1.165, 1.54) is 11.8 Å². The zero-order valence-corrected chi connectivity index (χ0v) is 15.2. The van der Waals surface area contributed by atoms with E-state index in [1.54, 1.807) is 7.11 Å². The van der Waals surface area contributed by atoms with Crippen LogP contribution in [0, 0.1) is 20.8 Å². The van der Waals surface area contributed by atoms with Crippen LogP contribution < -0.4 is 0 Å². The molecule has 0 aliphatic heterocycles. The summed E-state index contributed by atoms with van der Waals surface area (Å²) in [6, 6.07) is 6.16. The maximum absolute atomic E-state index is 12.6. The molecule has 0 aliphatic carbocycles. The molecule has 0 N–H and O–H groups in total. The fraction of sp³-hybridized carbons (Fsp3) is 0.444. The highest BCUT2D eigenvalue weighted by Crippen LogP contribution is 2.23. The molecule has 0 radical (unpaired) electrons. The summed E-state index contributed by atoms with van der Waals surface area (Å²) in [7, 11) is 1.70. The molecular weight excluding hydrogens is 308 g/mol. The Morgan fingerprint density at radius 1 is 1.35 bits per heavy atom. The van der Waals surface area contributed by atoms with Crippen LogP contribution >= 0.6 is 11.8 Å². The topological polar surface area (TPSA) is 44.1 Å². The van der Waals surface area contributed by atoms with E-state index in [0.717, 1.165) is 27.5 Å². The van der Waals surface area contributed by atoms with Gasteiger partial charge in [0.1, 0.15) is 0 Å². The zero-order valence-electron chi connectivity index (χ0n) is 14.4. The van der Waals surface area contributed by atoms with Crippen LogP contribution in [0.15, 0.2) is 29.4 Å². The molecule has 0 fully saturated rings. The second-order valence-electron chi connectivity index (χ2n) is 5.84. The molecule has 0 amide bonds. The number of carbonyl (C=O) groups excluding carboxylic acids is 1. The molecule has 0 bridgehead atoms. The third-order valence-electron chi connectivity index (χ3n) is 3.87. The first-order valence-corrected chi connectivity index (χ1v) is 8.68. The van der Waals surface area contributed by atoms with Gasteiger partial charge in [0.25, 0.3) is 0 Å². The van der Waals surface area contributed by atoms with E-state index >= 15 is 0 Å². The van der Waals surface area contributed by atoms with Crippen molar-refractivity contribution in [1.29, 1.82) is 0 Å². The van der Waals surface area contributed by atoms with E-state index in [1.807, 2.05) is 45.2 Å². The number of hydrogen-bond acceptors (Lipinski definition) is 4. The van der Waals surface area contributed by atoms with Crippen LogP contribution in [0.5, 0.6) is 0 Å². The Balaban J connectivity index is 2.10. The highest BCUT2D eigenvalue weighted by atomic mass is 32.2. The number of ketones is 1. The average molecular weight is 332 g/mol. The summed E-state index contributed by atoms with van der Waals surface area (Å²) in [4.78, 5) is 16.9. The summed E-state index contributed by atoms with van der Waals surface area (Å²) in [5.41, 5.74) is 4.02. The molecule has 1 atom stereocenters. The molecule has 0 saturated heterocycles. The molecule has 0 aromatic carbocycles. The fourth-order valence-electron chi connectivity index (χ4n) is 2.81. The van der Waals surface area contributed by atoms with Gasteiger partial charge < -0.3 is 9.30 Å². The van der Waals surface area contributed by atoms with Crippen LogP contribution in [0.4, 0.5) is 0 Å². The van der Waals surface area contributed by atoms with Crippen LogP contribution in [-0.2, 0) is 4.74 Å². The first kappa shape index (κ1) is 17.8. The summed E-state index contributed by atoms with van der Waals surface area (Å²) in [5, 5.41) is 0.880. The number of Topliss-reactive ketones (excluding diaryl/α,β-unsaturated/α-hetero) is 1. The Labute approximate surface area is 142 Å². The maximum atomic E-state index is 12.6. The molecule has 2 rings (SSSR count). The van der Waals surface area contributed by atoms with Gasteiger partial charge in [0, 0.05) is 30.3 Å². The Morgan fingerprint density at radius 3 is 2.70 bits per heavy atom. The summed E-state index contributed by atoms with van der Waals surface area (Å²) in [5.74, 6) is 0.542. The molecule has 124 valence electrons. The van der Waals surface area contributed by atoms with E-state index in [-0.39, 0.29) is 11.8 Å². The van der Waals surface area contributed by atoms with Gasteiger partial charge in [-0.15, -0.1) is 0 Å². The highest BCUT2D eigenvalue weighted by molar-refractivity contribution is 7.99. The SMILES string of the molecule is COCC(C)n1c(C)cc(C(=O)CSc2ccc(C)cn2)c1C. The number of rotatable bonds is 7. The van der Waals surface area contributed by atoms with Crippen molar-refractivity contribution < 1.29 is 9.53 Å². The Morgan fingerprint density at radius 2 is 2.09 bits per heavy atom. The van der Waals surface area contributed by atoms with Crippen molar-refractivity contribution in [1.82, 2.24) is 9.55 Å². The van der Waals surface area contributed by atoms with Gasteiger partial charge in [0.2, 0.25) is 0 Å². The van der Waals surface area contributed by atoms with Crippen LogP contribution in [0.2, 0.25) is 0 Å². The van der Waals surface area contributed by atoms with Crippen molar-refractivity contribution in [3.63, 3.8) is 0 Å². The molecule has 4 nitrogen and oxygen atoms in total. The normalized spacial score (nSPS) is 12.4. The van der Waals surface area contributed by atoms with Gasteiger partial charge in [-0.2, -0.15) is 0 Å². The lowest BCUT2D eigenvalue weighted by molar-refractivity contribution is 0.102. The number of ether oxygens (including phenoxy) is 1. The number of thioether (sulfide) groups is 1. The minimum atomic E-state index is 0.140. The predicted octanol–water partition coefficient (Wildman–Crippen LogP) is 3.99. The minimum Gasteiger partial charge on any atom is -0.383 e. The van der Waals surface area contributed by atoms with Crippen molar-refractivity contribution in [3.8, 4) is 0 Å². The van der Waals surface area contributed by atoms with Crippen LogP contribution in [0.3, 0.4) is 0 Å². The van der Waals surface area contributed by atoms with Crippen molar-refractivity contribution in [2.75, 3.05) is 19.5 Å². The zero-order chi connectivity index (χ0) is 17.0. The van der Waals surface area contributed by atoms with Gasteiger partial charge >= 0.3 is 0 Å². The fourth-order valence-corrected chi connectivity index (χ4v) is 3.54. The third kappa shape index (κ3) is 4.24. The van der Waals surface area contributed by atoms with Gasteiger partial charge in [-0.1, -0.05) is 17.8 Å². The van der Waals surface area contributed by atoms with Crippen LogP contribution in [0.1, 0.15) is 40.3 Å². The van der Waals surface area contributed by atoms with E-state index < -0.39 is 0 Å².